The minimum absolute atomic E-state index is 0.0619. The number of amides is 1. The maximum atomic E-state index is 12.5. The van der Waals surface area contributed by atoms with Crippen molar-refractivity contribution in [3.63, 3.8) is 0 Å². The molecule has 3 atom stereocenters. The number of carbonyl (C=O) groups excluding carboxylic acids is 1. The highest BCUT2D eigenvalue weighted by Crippen LogP contribution is 2.60. The molecule has 3 unspecified atom stereocenters. The maximum Gasteiger partial charge on any atom is 0.224 e. The first-order chi connectivity index (χ1) is 11.7. The van der Waals surface area contributed by atoms with Gasteiger partial charge in [-0.1, -0.05) is 24.3 Å². The van der Waals surface area contributed by atoms with Crippen LogP contribution in [0, 0.1) is 11.8 Å². The summed E-state index contributed by atoms with van der Waals surface area (Å²) in [5, 5.41) is 12.9. The second-order valence-electron chi connectivity index (χ2n) is 7.80. The van der Waals surface area contributed by atoms with Crippen LogP contribution in [0.1, 0.15) is 43.2 Å². The Labute approximate surface area is 143 Å². The average Bonchev–Trinajstić information content (AvgIpc) is 3.50. The fraction of sp³-hybridized carbons (Fsp3) is 0.650. The van der Waals surface area contributed by atoms with Crippen LogP contribution in [0.2, 0.25) is 0 Å². The number of hydrogen-bond donors (Lipinski definition) is 2. The number of aliphatic hydroxyl groups is 1. The molecule has 2 fully saturated rings. The van der Waals surface area contributed by atoms with Gasteiger partial charge in [-0.15, -0.1) is 0 Å². The summed E-state index contributed by atoms with van der Waals surface area (Å²) in [7, 11) is 0. The number of aliphatic hydroxyl groups excluding tert-OH is 1. The van der Waals surface area contributed by atoms with Gasteiger partial charge in [-0.05, 0) is 55.6 Å². The summed E-state index contributed by atoms with van der Waals surface area (Å²) in [6.45, 7) is 1.35. The molecule has 2 N–H and O–H groups in total. The molecule has 0 heterocycles. The number of fused-ring (bicyclic) bond motifs is 2. The van der Waals surface area contributed by atoms with Crippen LogP contribution in [-0.4, -0.2) is 36.9 Å². The van der Waals surface area contributed by atoms with Gasteiger partial charge in [0.1, 0.15) is 0 Å². The Bertz CT molecular complexity index is 613. The third-order valence-electron chi connectivity index (χ3n) is 5.89. The van der Waals surface area contributed by atoms with Gasteiger partial charge in [0.2, 0.25) is 5.91 Å². The zero-order valence-corrected chi connectivity index (χ0v) is 14.2. The van der Waals surface area contributed by atoms with E-state index in [-0.39, 0.29) is 23.8 Å². The fourth-order valence-electron chi connectivity index (χ4n) is 4.23. The molecule has 1 aromatic carbocycles. The number of nitrogens with one attached hydrogen (secondary N) is 1. The standard InChI is InChI=1S/C20H27NO3/c22-16(13-24-12-14-7-8-14)11-21-19(23)18-10-20(18)9-3-5-15-4-1-2-6-17(15)20/h1-2,4,6,14,16,18,22H,3,5,7-13H2,(H,21,23). The van der Waals surface area contributed by atoms with E-state index in [4.69, 9.17) is 4.74 Å². The molecule has 0 saturated heterocycles. The lowest BCUT2D eigenvalue weighted by Gasteiger charge is -2.26. The van der Waals surface area contributed by atoms with Crippen LogP contribution in [-0.2, 0) is 21.4 Å². The van der Waals surface area contributed by atoms with Gasteiger partial charge in [0.15, 0.2) is 0 Å². The van der Waals surface area contributed by atoms with Crippen LogP contribution in [0.25, 0.3) is 0 Å². The topological polar surface area (TPSA) is 58.6 Å². The molecule has 24 heavy (non-hydrogen) atoms. The molecule has 4 nitrogen and oxygen atoms in total. The monoisotopic (exact) mass is 329 g/mol. The lowest BCUT2D eigenvalue weighted by atomic mass is 9.78. The van der Waals surface area contributed by atoms with Crippen molar-refractivity contribution >= 4 is 5.91 Å². The van der Waals surface area contributed by atoms with E-state index in [9.17, 15) is 9.90 Å². The molecule has 4 heteroatoms. The van der Waals surface area contributed by atoms with E-state index in [1.54, 1.807) is 0 Å². The van der Waals surface area contributed by atoms with Gasteiger partial charge in [-0.25, -0.2) is 0 Å². The van der Waals surface area contributed by atoms with Gasteiger partial charge in [-0.2, -0.15) is 0 Å². The molecule has 3 aliphatic rings. The second-order valence-corrected chi connectivity index (χ2v) is 7.80. The summed E-state index contributed by atoms with van der Waals surface area (Å²) in [5.74, 6) is 0.857. The third kappa shape index (κ3) is 3.22. The van der Waals surface area contributed by atoms with Crippen molar-refractivity contribution in [2.24, 2.45) is 11.8 Å². The van der Waals surface area contributed by atoms with Crippen LogP contribution >= 0.6 is 0 Å². The van der Waals surface area contributed by atoms with Crippen molar-refractivity contribution in [3.8, 4) is 0 Å². The summed E-state index contributed by atoms with van der Waals surface area (Å²) in [5.41, 5.74) is 2.85. The van der Waals surface area contributed by atoms with Gasteiger partial charge in [-0.3, -0.25) is 4.79 Å². The summed E-state index contributed by atoms with van der Waals surface area (Å²) in [4.78, 5) is 12.5. The van der Waals surface area contributed by atoms with Crippen LogP contribution in [0.3, 0.4) is 0 Å². The minimum atomic E-state index is -0.610. The molecule has 1 aromatic rings. The number of hydrogen-bond acceptors (Lipinski definition) is 3. The SMILES string of the molecule is O=C(NCC(O)COCC1CC1)C1CC12CCCc1ccccc12. The van der Waals surface area contributed by atoms with Crippen LogP contribution < -0.4 is 5.32 Å². The molecule has 0 aliphatic heterocycles. The van der Waals surface area contributed by atoms with Crippen molar-refractivity contribution in [1.29, 1.82) is 0 Å². The largest absolute Gasteiger partial charge is 0.389 e. The van der Waals surface area contributed by atoms with E-state index in [1.165, 1.54) is 30.4 Å². The van der Waals surface area contributed by atoms with E-state index in [0.29, 0.717) is 12.5 Å². The van der Waals surface area contributed by atoms with Crippen molar-refractivity contribution in [2.45, 2.75) is 50.0 Å². The lowest BCUT2D eigenvalue weighted by molar-refractivity contribution is -0.123. The Kier molecular flexibility index (Phi) is 4.35. The molecule has 0 aromatic heterocycles. The number of ether oxygens (including phenoxy) is 1. The summed E-state index contributed by atoms with van der Waals surface area (Å²) in [6, 6.07) is 8.57. The fourth-order valence-corrected chi connectivity index (χ4v) is 4.23. The van der Waals surface area contributed by atoms with Crippen molar-refractivity contribution in [2.75, 3.05) is 19.8 Å². The number of carbonyl (C=O) groups is 1. The quantitative estimate of drug-likeness (QED) is 0.806. The normalized spacial score (nSPS) is 29.1. The third-order valence-corrected chi connectivity index (χ3v) is 5.89. The first kappa shape index (κ1) is 16.1. The molecule has 2 saturated carbocycles. The molecular weight excluding hydrogens is 302 g/mol. The number of rotatable bonds is 7. The summed E-state index contributed by atoms with van der Waals surface area (Å²) in [6.07, 6.45) is 6.23. The van der Waals surface area contributed by atoms with E-state index >= 15 is 0 Å². The molecule has 0 bridgehead atoms. The maximum absolute atomic E-state index is 12.5. The van der Waals surface area contributed by atoms with E-state index in [1.807, 2.05) is 0 Å². The Morgan fingerprint density at radius 2 is 2.21 bits per heavy atom. The second kappa shape index (κ2) is 6.49. The first-order valence-corrected chi connectivity index (χ1v) is 9.31. The first-order valence-electron chi connectivity index (χ1n) is 9.31. The average molecular weight is 329 g/mol. The van der Waals surface area contributed by atoms with Gasteiger partial charge in [0.05, 0.1) is 12.7 Å². The summed E-state index contributed by atoms with van der Waals surface area (Å²) >= 11 is 0. The van der Waals surface area contributed by atoms with Crippen molar-refractivity contribution in [3.05, 3.63) is 35.4 Å². The highest BCUT2D eigenvalue weighted by Gasteiger charge is 2.59. The highest BCUT2D eigenvalue weighted by atomic mass is 16.5. The number of benzene rings is 1. The zero-order chi connectivity index (χ0) is 16.6. The Hall–Kier alpha value is -1.39. The molecule has 0 radical (unpaired) electrons. The molecule has 1 spiro atoms. The zero-order valence-electron chi connectivity index (χ0n) is 14.2. The predicted octanol–water partition coefficient (Wildman–Crippen LogP) is 2.18. The lowest BCUT2D eigenvalue weighted by Crippen LogP contribution is -2.37. The highest BCUT2D eigenvalue weighted by molar-refractivity contribution is 5.84. The van der Waals surface area contributed by atoms with Crippen LogP contribution in [0.15, 0.2) is 24.3 Å². The van der Waals surface area contributed by atoms with Gasteiger partial charge in [0, 0.05) is 24.5 Å². The van der Waals surface area contributed by atoms with E-state index in [2.05, 4.69) is 29.6 Å². The summed E-state index contributed by atoms with van der Waals surface area (Å²) < 4.78 is 5.48. The van der Waals surface area contributed by atoms with Gasteiger partial charge in [0.25, 0.3) is 0 Å². The smallest absolute Gasteiger partial charge is 0.224 e. The Morgan fingerprint density at radius 3 is 3.04 bits per heavy atom. The predicted molar refractivity (Wildman–Crippen MR) is 91.7 cm³/mol. The van der Waals surface area contributed by atoms with Crippen molar-refractivity contribution in [1.82, 2.24) is 5.32 Å². The molecular formula is C20H27NO3. The van der Waals surface area contributed by atoms with Gasteiger partial charge < -0.3 is 15.2 Å². The minimum Gasteiger partial charge on any atom is -0.389 e. The van der Waals surface area contributed by atoms with E-state index < -0.39 is 6.10 Å². The molecule has 130 valence electrons. The Balaban J connectivity index is 1.27. The van der Waals surface area contributed by atoms with Crippen LogP contribution in [0.5, 0.6) is 0 Å². The Morgan fingerprint density at radius 1 is 1.38 bits per heavy atom. The van der Waals surface area contributed by atoms with Crippen LogP contribution in [0.4, 0.5) is 0 Å². The van der Waals surface area contributed by atoms with Gasteiger partial charge >= 0.3 is 0 Å². The molecule has 4 rings (SSSR count). The van der Waals surface area contributed by atoms with E-state index in [0.717, 1.165) is 25.9 Å². The van der Waals surface area contributed by atoms with Crippen molar-refractivity contribution < 1.29 is 14.6 Å². The number of aryl methyl sites for hydroxylation is 1. The molecule has 1 amide bonds. The molecule has 3 aliphatic carbocycles.